The number of hydrogen-bond donors (Lipinski definition) is 2. The number of hydrogen-bond acceptors (Lipinski definition) is 3. The molecule has 0 aromatic heterocycles. The third kappa shape index (κ3) is 4.92. The molecular formula is C17H19NO2S. The van der Waals surface area contributed by atoms with Gasteiger partial charge in [-0.05, 0) is 35.9 Å². The molecule has 0 bridgehead atoms. The Labute approximate surface area is 129 Å². The van der Waals surface area contributed by atoms with Crippen LogP contribution in [0.1, 0.15) is 16.7 Å². The molecule has 0 saturated carbocycles. The minimum atomic E-state index is -0.788. The molecule has 2 N–H and O–H groups in total. The second-order valence-corrected chi connectivity index (χ2v) is 5.85. The van der Waals surface area contributed by atoms with E-state index in [1.165, 1.54) is 10.5 Å². The van der Waals surface area contributed by atoms with Gasteiger partial charge in [-0.1, -0.05) is 36.4 Å². The van der Waals surface area contributed by atoms with Crippen LogP contribution in [0.4, 0.5) is 0 Å². The SMILES string of the molecule is CNCc1cccc(SCc2ccccc2CC(=O)O)c1. The van der Waals surface area contributed by atoms with E-state index in [0.29, 0.717) is 0 Å². The second-order valence-electron chi connectivity index (χ2n) is 4.81. The molecule has 0 aliphatic rings. The predicted molar refractivity (Wildman–Crippen MR) is 86.5 cm³/mol. The van der Waals surface area contributed by atoms with Crippen LogP contribution < -0.4 is 5.32 Å². The van der Waals surface area contributed by atoms with E-state index >= 15 is 0 Å². The molecule has 0 spiro atoms. The molecule has 0 radical (unpaired) electrons. The molecule has 2 rings (SSSR count). The first-order valence-corrected chi connectivity index (χ1v) is 7.82. The highest BCUT2D eigenvalue weighted by atomic mass is 32.2. The maximum atomic E-state index is 10.9. The molecule has 21 heavy (non-hydrogen) atoms. The summed E-state index contributed by atoms with van der Waals surface area (Å²) in [4.78, 5) is 12.1. The van der Waals surface area contributed by atoms with Gasteiger partial charge in [-0.15, -0.1) is 11.8 Å². The van der Waals surface area contributed by atoms with Gasteiger partial charge in [-0.3, -0.25) is 4.79 Å². The average molecular weight is 301 g/mol. The van der Waals surface area contributed by atoms with Crippen LogP contribution >= 0.6 is 11.8 Å². The molecule has 4 heteroatoms. The van der Waals surface area contributed by atoms with Crippen LogP contribution in [-0.4, -0.2) is 18.1 Å². The normalized spacial score (nSPS) is 10.5. The summed E-state index contributed by atoms with van der Waals surface area (Å²) in [6, 6.07) is 16.1. The zero-order chi connectivity index (χ0) is 15.1. The van der Waals surface area contributed by atoms with Crippen LogP contribution in [0, 0.1) is 0 Å². The van der Waals surface area contributed by atoms with Crippen molar-refractivity contribution in [3.8, 4) is 0 Å². The zero-order valence-corrected chi connectivity index (χ0v) is 12.8. The van der Waals surface area contributed by atoms with Gasteiger partial charge in [0.05, 0.1) is 6.42 Å². The molecule has 2 aromatic carbocycles. The first-order valence-electron chi connectivity index (χ1n) is 6.84. The van der Waals surface area contributed by atoms with E-state index in [9.17, 15) is 4.79 Å². The number of aliphatic carboxylic acids is 1. The summed E-state index contributed by atoms with van der Waals surface area (Å²) in [5.74, 6) is -0.00427. The number of carbonyl (C=O) groups is 1. The van der Waals surface area contributed by atoms with E-state index in [1.807, 2.05) is 31.3 Å². The van der Waals surface area contributed by atoms with Crippen LogP contribution in [0.2, 0.25) is 0 Å². The standard InChI is InChI=1S/C17H19NO2S/c1-18-11-13-5-4-8-16(9-13)21-12-15-7-3-2-6-14(15)10-17(19)20/h2-9,18H,10-12H2,1H3,(H,19,20). The van der Waals surface area contributed by atoms with E-state index in [1.54, 1.807) is 11.8 Å². The van der Waals surface area contributed by atoms with E-state index < -0.39 is 5.97 Å². The van der Waals surface area contributed by atoms with E-state index in [0.717, 1.165) is 23.4 Å². The maximum Gasteiger partial charge on any atom is 0.307 e. The zero-order valence-electron chi connectivity index (χ0n) is 12.0. The maximum absolute atomic E-state index is 10.9. The van der Waals surface area contributed by atoms with Gasteiger partial charge in [0.25, 0.3) is 0 Å². The van der Waals surface area contributed by atoms with Crippen molar-refractivity contribution >= 4 is 17.7 Å². The molecule has 0 fully saturated rings. The van der Waals surface area contributed by atoms with Crippen molar-refractivity contribution < 1.29 is 9.90 Å². The molecule has 0 unspecified atom stereocenters. The van der Waals surface area contributed by atoms with E-state index in [4.69, 9.17) is 5.11 Å². The molecule has 0 amide bonds. The fourth-order valence-corrected chi connectivity index (χ4v) is 3.16. The topological polar surface area (TPSA) is 49.3 Å². The van der Waals surface area contributed by atoms with Gasteiger partial charge < -0.3 is 10.4 Å². The first kappa shape index (κ1) is 15.6. The molecular weight excluding hydrogens is 282 g/mol. The van der Waals surface area contributed by atoms with Crippen LogP contribution in [0.15, 0.2) is 53.4 Å². The molecule has 0 atom stereocenters. The summed E-state index contributed by atoms with van der Waals surface area (Å²) in [6.07, 6.45) is 0.0799. The van der Waals surface area contributed by atoms with Gasteiger partial charge in [-0.25, -0.2) is 0 Å². The predicted octanol–water partition coefficient (Wildman–Crippen LogP) is 3.33. The number of carboxylic acid groups (broad SMARTS) is 1. The Morgan fingerprint density at radius 1 is 1.14 bits per heavy atom. The van der Waals surface area contributed by atoms with Crippen molar-refractivity contribution in [3.05, 3.63) is 65.2 Å². The Kier molecular flexibility index (Phi) is 5.84. The highest BCUT2D eigenvalue weighted by Crippen LogP contribution is 2.25. The van der Waals surface area contributed by atoms with Crippen molar-refractivity contribution in [1.29, 1.82) is 0 Å². The third-order valence-electron chi connectivity index (χ3n) is 3.13. The monoisotopic (exact) mass is 301 g/mol. The average Bonchev–Trinajstić information content (AvgIpc) is 2.47. The number of carboxylic acids is 1. The van der Waals surface area contributed by atoms with Gasteiger partial charge in [-0.2, -0.15) is 0 Å². The van der Waals surface area contributed by atoms with E-state index in [-0.39, 0.29) is 6.42 Å². The van der Waals surface area contributed by atoms with Gasteiger partial charge in [0.2, 0.25) is 0 Å². The van der Waals surface area contributed by atoms with E-state index in [2.05, 4.69) is 29.6 Å². The summed E-state index contributed by atoms with van der Waals surface area (Å²) in [5.41, 5.74) is 3.23. The molecule has 0 aliphatic carbocycles. The van der Waals surface area contributed by atoms with Gasteiger partial charge >= 0.3 is 5.97 Å². The van der Waals surface area contributed by atoms with Gasteiger partial charge in [0, 0.05) is 17.2 Å². The molecule has 0 saturated heterocycles. The largest absolute Gasteiger partial charge is 0.481 e. The number of nitrogens with one attached hydrogen (secondary N) is 1. The summed E-state index contributed by atoms with van der Waals surface area (Å²) in [7, 11) is 1.93. The number of benzene rings is 2. The van der Waals surface area contributed by atoms with Crippen molar-refractivity contribution in [2.75, 3.05) is 7.05 Å². The first-order chi connectivity index (χ1) is 10.2. The summed E-state index contributed by atoms with van der Waals surface area (Å²) in [5, 5.41) is 12.1. The Morgan fingerprint density at radius 3 is 2.62 bits per heavy atom. The summed E-state index contributed by atoms with van der Waals surface area (Å²) < 4.78 is 0. The quantitative estimate of drug-likeness (QED) is 0.770. The minimum absolute atomic E-state index is 0.0799. The number of thioether (sulfide) groups is 1. The van der Waals surface area contributed by atoms with Gasteiger partial charge in [0.1, 0.15) is 0 Å². The van der Waals surface area contributed by atoms with Crippen molar-refractivity contribution in [2.45, 2.75) is 23.6 Å². The Morgan fingerprint density at radius 2 is 1.90 bits per heavy atom. The summed E-state index contributed by atoms with van der Waals surface area (Å²) >= 11 is 1.73. The van der Waals surface area contributed by atoms with Crippen molar-refractivity contribution in [1.82, 2.24) is 5.32 Å². The lowest BCUT2D eigenvalue weighted by atomic mass is 10.1. The van der Waals surface area contributed by atoms with Gasteiger partial charge in [0.15, 0.2) is 0 Å². The molecule has 110 valence electrons. The van der Waals surface area contributed by atoms with Crippen LogP contribution in [0.3, 0.4) is 0 Å². The molecule has 3 nitrogen and oxygen atoms in total. The third-order valence-corrected chi connectivity index (χ3v) is 4.18. The van der Waals surface area contributed by atoms with Crippen molar-refractivity contribution in [3.63, 3.8) is 0 Å². The van der Waals surface area contributed by atoms with Crippen LogP contribution in [0.5, 0.6) is 0 Å². The Bertz CT molecular complexity index is 613. The highest BCUT2D eigenvalue weighted by molar-refractivity contribution is 7.98. The lowest BCUT2D eigenvalue weighted by Gasteiger charge is -2.08. The fourth-order valence-electron chi connectivity index (χ4n) is 2.14. The molecule has 2 aromatic rings. The smallest absolute Gasteiger partial charge is 0.307 e. The molecule has 0 aliphatic heterocycles. The van der Waals surface area contributed by atoms with Crippen LogP contribution in [0.25, 0.3) is 0 Å². The lowest BCUT2D eigenvalue weighted by molar-refractivity contribution is -0.136. The molecule has 0 heterocycles. The number of rotatable bonds is 7. The fraction of sp³-hybridized carbons (Fsp3) is 0.235. The Hall–Kier alpha value is -1.78. The highest BCUT2D eigenvalue weighted by Gasteiger charge is 2.07. The van der Waals surface area contributed by atoms with Crippen LogP contribution in [-0.2, 0) is 23.5 Å². The Balaban J connectivity index is 2.06. The second kappa shape index (κ2) is 7.86. The van der Waals surface area contributed by atoms with Crippen molar-refractivity contribution in [2.24, 2.45) is 0 Å². The summed E-state index contributed by atoms with van der Waals surface area (Å²) in [6.45, 7) is 0.851. The minimum Gasteiger partial charge on any atom is -0.481 e. The lowest BCUT2D eigenvalue weighted by Crippen LogP contribution is -2.04.